The zero-order valence-corrected chi connectivity index (χ0v) is 17.1. The van der Waals surface area contributed by atoms with E-state index in [-0.39, 0.29) is 23.6 Å². The van der Waals surface area contributed by atoms with Crippen LogP contribution < -0.4 is 16.6 Å². The number of nitrogens with one attached hydrogen (secondary N) is 2. The number of rotatable bonds is 5. The highest BCUT2D eigenvalue weighted by molar-refractivity contribution is 5.97. The van der Waals surface area contributed by atoms with Crippen LogP contribution in [-0.2, 0) is 13.6 Å². The van der Waals surface area contributed by atoms with Crippen molar-refractivity contribution >= 4 is 11.7 Å². The first-order valence-corrected chi connectivity index (χ1v) is 9.61. The van der Waals surface area contributed by atoms with E-state index in [1.54, 1.807) is 25.5 Å². The molecule has 4 aromatic rings. The normalized spacial score (nSPS) is 10.8. The summed E-state index contributed by atoms with van der Waals surface area (Å²) < 4.78 is 1.44. The molecule has 0 bridgehead atoms. The lowest BCUT2D eigenvalue weighted by atomic mass is 10.1. The molecule has 0 radical (unpaired) electrons. The van der Waals surface area contributed by atoms with Crippen molar-refractivity contribution in [2.45, 2.75) is 13.5 Å². The highest BCUT2D eigenvalue weighted by Crippen LogP contribution is 2.29. The molecule has 0 unspecified atom stereocenters. The number of carbonyl (C=O) groups is 1. The van der Waals surface area contributed by atoms with Gasteiger partial charge in [-0.1, -0.05) is 6.07 Å². The van der Waals surface area contributed by atoms with E-state index in [0.717, 1.165) is 11.4 Å². The molecule has 0 aliphatic heterocycles. The predicted octanol–water partition coefficient (Wildman–Crippen LogP) is 2.05. The van der Waals surface area contributed by atoms with E-state index in [1.807, 2.05) is 37.3 Å². The van der Waals surface area contributed by atoms with Gasteiger partial charge in [-0.15, -0.1) is 0 Å². The van der Waals surface area contributed by atoms with Crippen LogP contribution in [0.5, 0.6) is 0 Å². The molecule has 4 aromatic heterocycles. The van der Waals surface area contributed by atoms with Gasteiger partial charge in [-0.2, -0.15) is 0 Å². The molecular formula is C22H21N7O2. The van der Waals surface area contributed by atoms with Crippen LogP contribution in [0.2, 0.25) is 0 Å². The number of nitrogens with zero attached hydrogens (tertiary/aromatic N) is 4. The van der Waals surface area contributed by atoms with Crippen LogP contribution in [-0.4, -0.2) is 30.4 Å². The lowest BCUT2D eigenvalue weighted by molar-refractivity contribution is 0.0946. The second-order valence-corrected chi connectivity index (χ2v) is 7.06. The summed E-state index contributed by atoms with van der Waals surface area (Å²) in [6.45, 7) is 2.11. The minimum absolute atomic E-state index is 0.00631. The number of pyridine rings is 2. The summed E-state index contributed by atoms with van der Waals surface area (Å²) in [5.74, 6) is -0.453. The number of nitrogen functional groups attached to an aromatic ring is 1. The van der Waals surface area contributed by atoms with Gasteiger partial charge in [0, 0.05) is 36.8 Å². The molecule has 0 saturated heterocycles. The maximum absolute atomic E-state index is 12.8. The molecule has 4 heterocycles. The van der Waals surface area contributed by atoms with E-state index in [2.05, 4.69) is 25.3 Å². The van der Waals surface area contributed by atoms with E-state index in [0.29, 0.717) is 22.6 Å². The Balaban J connectivity index is 1.74. The Morgan fingerprint density at radius 2 is 1.94 bits per heavy atom. The molecule has 4 N–H and O–H groups in total. The topological polar surface area (TPSA) is 132 Å². The zero-order chi connectivity index (χ0) is 22.0. The molecule has 0 spiro atoms. The minimum atomic E-state index is -0.461. The Morgan fingerprint density at radius 3 is 2.65 bits per heavy atom. The van der Waals surface area contributed by atoms with Gasteiger partial charge in [0.1, 0.15) is 11.4 Å². The molecule has 0 atom stereocenters. The summed E-state index contributed by atoms with van der Waals surface area (Å²) in [5, 5.41) is 2.79. The second-order valence-electron chi connectivity index (χ2n) is 7.06. The number of carbonyl (C=O) groups excluding carboxylic acids is 1. The van der Waals surface area contributed by atoms with Crippen molar-refractivity contribution in [2.75, 3.05) is 5.73 Å². The average Bonchev–Trinajstić information content (AvgIpc) is 3.29. The SMILES string of the molecule is Cc1cccc(CNC(=O)c2nc(-c3ccc(=O)n(C)c3)c(-c3ccc[nH]3)nc2N)n1. The van der Waals surface area contributed by atoms with Crippen LogP contribution in [0.1, 0.15) is 21.9 Å². The molecule has 9 heteroatoms. The molecule has 4 rings (SSSR count). The first-order valence-electron chi connectivity index (χ1n) is 9.61. The number of aromatic nitrogens is 5. The summed E-state index contributed by atoms with van der Waals surface area (Å²) in [6, 6.07) is 12.3. The Labute approximate surface area is 178 Å². The average molecular weight is 415 g/mol. The van der Waals surface area contributed by atoms with Gasteiger partial charge in [0.25, 0.3) is 5.91 Å². The Bertz CT molecular complexity index is 1310. The van der Waals surface area contributed by atoms with Gasteiger partial charge < -0.3 is 20.6 Å². The number of aromatic amines is 1. The van der Waals surface area contributed by atoms with E-state index in [4.69, 9.17) is 5.73 Å². The largest absolute Gasteiger partial charge is 0.382 e. The van der Waals surface area contributed by atoms with E-state index < -0.39 is 5.91 Å². The van der Waals surface area contributed by atoms with Crippen LogP contribution in [0.25, 0.3) is 22.6 Å². The number of nitrogens with two attached hydrogens (primary N) is 1. The van der Waals surface area contributed by atoms with E-state index in [1.165, 1.54) is 10.6 Å². The highest BCUT2D eigenvalue weighted by atomic mass is 16.2. The standard InChI is InChI=1S/C22H21N7O2/c1-13-5-3-6-15(26-13)11-25-22(31)20-21(23)28-19(16-7-4-10-24-16)18(27-20)14-8-9-17(30)29(2)12-14/h3-10,12,24H,11H2,1-2H3,(H2,23,28)(H,25,31). The highest BCUT2D eigenvalue weighted by Gasteiger charge is 2.20. The van der Waals surface area contributed by atoms with Gasteiger partial charge in [-0.3, -0.25) is 14.6 Å². The Morgan fingerprint density at radius 1 is 1.10 bits per heavy atom. The maximum Gasteiger partial charge on any atom is 0.274 e. The third-order valence-corrected chi connectivity index (χ3v) is 4.73. The number of anilines is 1. The second kappa shape index (κ2) is 8.23. The lowest BCUT2D eigenvalue weighted by Gasteiger charge is -2.13. The van der Waals surface area contributed by atoms with Gasteiger partial charge in [0.05, 0.1) is 17.9 Å². The fraction of sp³-hybridized carbons (Fsp3) is 0.136. The number of amides is 1. The van der Waals surface area contributed by atoms with Crippen molar-refractivity contribution < 1.29 is 4.79 Å². The maximum atomic E-state index is 12.8. The number of aryl methyl sites for hydroxylation is 2. The molecule has 0 aliphatic rings. The van der Waals surface area contributed by atoms with Crippen LogP contribution in [0.15, 0.2) is 59.7 Å². The number of H-pyrrole nitrogens is 1. The van der Waals surface area contributed by atoms with Crippen molar-refractivity contribution in [2.24, 2.45) is 7.05 Å². The fourth-order valence-electron chi connectivity index (χ4n) is 3.17. The van der Waals surface area contributed by atoms with E-state index >= 15 is 0 Å². The van der Waals surface area contributed by atoms with Crippen molar-refractivity contribution in [1.82, 2.24) is 29.8 Å². The molecular weight excluding hydrogens is 394 g/mol. The zero-order valence-electron chi connectivity index (χ0n) is 17.1. The van der Waals surface area contributed by atoms with Crippen molar-refractivity contribution in [3.05, 3.63) is 82.3 Å². The summed E-state index contributed by atoms with van der Waals surface area (Å²) in [7, 11) is 1.65. The number of hydrogen-bond donors (Lipinski definition) is 3. The van der Waals surface area contributed by atoms with Crippen LogP contribution in [0.4, 0.5) is 5.82 Å². The van der Waals surface area contributed by atoms with Crippen LogP contribution in [0, 0.1) is 6.92 Å². The molecule has 156 valence electrons. The van der Waals surface area contributed by atoms with Crippen LogP contribution >= 0.6 is 0 Å². The third-order valence-electron chi connectivity index (χ3n) is 4.73. The van der Waals surface area contributed by atoms with E-state index in [9.17, 15) is 9.59 Å². The first kappa shape index (κ1) is 20.0. The molecule has 0 aliphatic carbocycles. The molecule has 0 aromatic carbocycles. The summed E-state index contributed by atoms with van der Waals surface area (Å²) in [6.07, 6.45) is 3.40. The Hall–Kier alpha value is -4.27. The monoisotopic (exact) mass is 415 g/mol. The molecule has 9 nitrogen and oxygen atoms in total. The predicted molar refractivity (Wildman–Crippen MR) is 117 cm³/mol. The molecule has 0 saturated carbocycles. The summed E-state index contributed by atoms with van der Waals surface area (Å²) in [4.78, 5) is 41.1. The first-order chi connectivity index (χ1) is 14.9. The lowest BCUT2D eigenvalue weighted by Crippen LogP contribution is -2.26. The van der Waals surface area contributed by atoms with Crippen molar-refractivity contribution in [3.8, 4) is 22.6 Å². The number of hydrogen-bond acceptors (Lipinski definition) is 6. The summed E-state index contributed by atoms with van der Waals surface area (Å²) in [5.41, 5.74) is 9.78. The molecule has 0 fully saturated rings. The van der Waals surface area contributed by atoms with Crippen molar-refractivity contribution in [1.29, 1.82) is 0 Å². The van der Waals surface area contributed by atoms with Gasteiger partial charge in [0.15, 0.2) is 11.5 Å². The van der Waals surface area contributed by atoms with Crippen LogP contribution in [0.3, 0.4) is 0 Å². The summed E-state index contributed by atoms with van der Waals surface area (Å²) >= 11 is 0. The smallest absolute Gasteiger partial charge is 0.274 e. The van der Waals surface area contributed by atoms with Gasteiger partial charge in [-0.05, 0) is 37.3 Å². The molecule has 1 amide bonds. The van der Waals surface area contributed by atoms with Crippen molar-refractivity contribution in [3.63, 3.8) is 0 Å². The minimum Gasteiger partial charge on any atom is -0.382 e. The quantitative estimate of drug-likeness (QED) is 0.457. The van der Waals surface area contributed by atoms with Gasteiger partial charge in [-0.25, -0.2) is 9.97 Å². The third kappa shape index (κ3) is 4.20. The molecule has 31 heavy (non-hydrogen) atoms. The van der Waals surface area contributed by atoms with Gasteiger partial charge in [0.2, 0.25) is 5.56 Å². The Kier molecular flexibility index (Phi) is 5.31. The fourth-order valence-corrected chi connectivity index (χ4v) is 3.17. The van der Waals surface area contributed by atoms with Gasteiger partial charge >= 0.3 is 0 Å².